The Morgan fingerprint density at radius 3 is 1.04 bits per heavy atom. The number of carbonyl (C=O) groups is 8. The number of H-pyrrole nitrogens is 4. The van der Waals surface area contributed by atoms with Gasteiger partial charge in [-0.1, -0.05) is 82.6 Å². The number of aromatic nitrogens is 4. The van der Waals surface area contributed by atoms with Gasteiger partial charge in [-0.2, -0.15) is 0 Å². The number of benzene rings is 4. The van der Waals surface area contributed by atoms with Gasteiger partial charge in [-0.15, -0.1) is 0 Å². The second-order valence-electron chi connectivity index (χ2n) is 38.4. The Kier molecular flexibility index (Phi) is 32.9. The van der Waals surface area contributed by atoms with Gasteiger partial charge in [0.25, 0.3) is 47.3 Å². The number of fused-ring (bicyclic) bond motifs is 8. The summed E-state index contributed by atoms with van der Waals surface area (Å²) in [6.45, 7) is 22.0. The van der Waals surface area contributed by atoms with E-state index in [9.17, 15) is 63.2 Å². The van der Waals surface area contributed by atoms with Crippen molar-refractivity contribution in [3.8, 4) is 0 Å². The first kappa shape index (κ1) is 101. The number of halogens is 5. The minimum absolute atomic E-state index is 0. The third-order valence-corrected chi connectivity index (χ3v) is 30.6. The third kappa shape index (κ3) is 22.8. The van der Waals surface area contributed by atoms with Gasteiger partial charge in [0.2, 0.25) is 0 Å². The normalized spacial score (nSPS) is 20.6. The topological polar surface area (TPSA) is 355 Å². The number of aliphatic hydroxyl groups is 4. The van der Waals surface area contributed by atoms with Gasteiger partial charge in [0, 0.05) is 176 Å². The number of hydrogen-bond donors (Lipinski definition) is 12. The first-order valence-electron chi connectivity index (χ1n) is 48.7. The van der Waals surface area contributed by atoms with Crippen LogP contribution in [0.2, 0.25) is 5.02 Å². The predicted molar refractivity (Wildman–Crippen MR) is 551 cm³/mol. The van der Waals surface area contributed by atoms with Gasteiger partial charge in [-0.05, 0) is 306 Å². The molecule has 4 fully saturated rings. The molecular weight excluding hydrogens is 1970 g/mol. The monoisotopic (exact) mass is 2090 g/mol. The molecule has 734 valence electrons. The Bertz CT molecular complexity index is 5920. The van der Waals surface area contributed by atoms with E-state index in [4.69, 9.17) is 11.6 Å². The number of anilines is 4. The summed E-state index contributed by atoms with van der Waals surface area (Å²) in [7, 11) is 0. The second kappa shape index (κ2) is 44.9. The molecule has 8 aromatic rings. The Morgan fingerprint density at radius 2 is 0.667 bits per heavy atom. The standard InChI is InChI=1S/C26H30BrFN4O3.2C26H31BrN4O3.C26H31ClN4O3.CH4/c1-15-22(12-19-18-10-16(28)11-20(27)24(18)30-25(19)34)29-21-6-5-9-32(26(35)23(15)21)14-17(33)13-31-7-3-2-4-8-31;1-16-22(13-18-24-19(27)7-5-8-21(24)29-25(18)33)28-20-9-6-12-31(26(34)23(16)20)15-17(32)14-30-10-3-2-4-11-30;2*1-16-23(13-20-19-12-17(27)7-8-21(19)29-25(20)33)28-22-6-5-11-31(26(34)24(16)22)15-18(32)14-30-9-3-2-4-10-30;/h10-12,17,29,33H,2-9,13-14H2,1H3,(H,30,34);5,7-8,13,17,28,32H,2-4,6,9-12,14-15H2,1H3,(H,29,33);2*7-8,12-13,18,28,32H,2-6,9-11,14-15H2,1H3,(H,29,33);1H4/b19-12-;18-13-;2*20-13-;/t2*17-;2*18-;/m0000./s1. The molecule has 12 aliphatic heterocycles. The molecule has 0 aliphatic carbocycles. The Morgan fingerprint density at radius 1 is 0.348 bits per heavy atom. The molecule has 138 heavy (non-hydrogen) atoms. The van der Waals surface area contributed by atoms with Crippen molar-refractivity contribution >= 4 is 176 Å². The number of nitrogens with one attached hydrogen (secondary N) is 8. The molecule has 0 spiro atoms. The van der Waals surface area contributed by atoms with Crippen LogP contribution in [0.3, 0.4) is 0 Å². The van der Waals surface area contributed by atoms with Crippen LogP contribution in [0.4, 0.5) is 27.1 Å². The van der Waals surface area contributed by atoms with Crippen molar-refractivity contribution < 1.29 is 63.2 Å². The van der Waals surface area contributed by atoms with Gasteiger partial charge in [-0.3, -0.25) is 38.4 Å². The van der Waals surface area contributed by atoms with Crippen LogP contribution in [0.15, 0.2) is 80.1 Å². The number of β-amino-alcohol motifs (C(OH)–C–C–N with tert-alkyl or cyclic N) is 4. The lowest BCUT2D eigenvalue weighted by molar-refractivity contribution is -0.111. The lowest BCUT2D eigenvalue weighted by atomic mass is 10.0. The lowest BCUT2D eigenvalue weighted by Crippen LogP contribution is -2.44. The van der Waals surface area contributed by atoms with Crippen molar-refractivity contribution in [2.75, 3.05) is 152 Å². The highest BCUT2D eigenvalue weighted by molar-refractivity contribution is 9.11. The van der Waals surface area contributed by atoms with E-state index in [1.807, 2.05) is 82.3 Å². The quantitative estimate of drug-likeness (QED) is 0.0315. The molecule has 0 radical (unpaired) electrons. The number of piperidine rings is 4. The number of carbonyl (C=O) groups excluding carboxylic acids is 8. The van der Waals surface area contributed by atoms with Crippen molar-refractivity contribution in [2.24, 2.45) is 0 Å². The SMILES string of the molecule is C.Cc1c(/C=C2\C(=O)Nc3c(Br)cc(F)cc32)[nH]c2c1C(=O)N(C[C@@H](O)CN1CCCCC1)CCC2.Cc1c(/C=C2\C(=O)Nc3ccc(Br)cc32)[nH]c2c1C(=O)N(C[C@@H](O)CN1CCCCC1)CCC2.Cc1c(/C=C2\C(=O)Nc3ccc(Cl)cc32)[nH]c2c1C(=O)N(C[C@@H](O)CN1CCCCC1)CCC2.Cc1c(/C=C2\C(=O)Nc3cccc(Br)c32)[nH]c2c1C(=O)N(C[C@@H](O)CN1CCCCC1)CCC2. The number of amides is 8. The summed E-state index contributed by atoms with van der Waals surface area (Å²) in [6.07, 6.45) is 25.6. The fourth-order valence-electron chi connectivity index (χ4n) is 21.6. The van der Waals surface area contributed by atoms with E-state index in [2.05, 4.69) is 109 Å². The fourth-order valence-corrected chi connectivity index (χ4v) is 23.3. The Hall–Kier alpha value is -9.94. The molecule has 16 heterocycles. The molecular formula is C105H127Br3ClFN16O12. The van der Waals surface area contributed by atoms with E-state index < -0.39 is 30.2 Å². The lowest BCUT2D eigenvalue weighted by Gasteiger charge is -2.31. The van der Waals surface area contributed by atoms with Gasteiger partial charge in [0.1, 0.15) is 5.82 Å². The molecule has 4 aromatic heterocycles. The summed E-state index contributed by atoms with van der Waals surface area (Å²) >= 11 is 16.5. The first-order chi connectivity index (χ1) is 66.0. The van der Waals surface area contributed by atoms with E-state index in [0.29, 0.717) is 156 Å². The van der Waals surface area contributed by atoms with E-state index in [1.54, 1.807) is 43.9 Å². The third-order valence-electron chi connectivity index (χ3n) is 28.6. The van der Waals surface area contributed by atoms with Gasteiger partial charge in [-0.25, -0.2) is 4.39 Å². The van der Waals surface area contributed by atoms with Crippen LogP contribution in [-0.2, 0) is 44.9 Å². The minimum atomic E-state index is -0.591. The molecule has 8 amide bonds. The summed E-state index contributed by atoms with van der Waals surface area (Å²) in [5, 5.41) is 54.9. The highest BCUT2D eigenvalue weighted by Gasteiger charge is 2.39. The Labute approximate surface area is 835 Å². The van der Waals surface area contributed by atoms with Crippen molar-refractivity contribution in [3.63, 3.8) is 0 Å². The fraction of sp³-hybridized carbons (Fsp3) is 0.467. The predicted octanol–water partition coefficient (Wildman–Crippen LogP) is 15.9. The largest absolute Gasteiger partial charge is 0.390 e. The maximum Gasteiger partial charge on any atom is 0.256 e. The zero-order chi connectivity index (χ0) is 96.1. The van der Waals surface area contributed by atoms with Gasteiger partial charge in [0.05, 0.1) is 80.3 Å². The zero-order valence-corrected chi connectivity index (χ0v) is 83.8. The molecule has 4 saturated heterocycles. The molecule has 4 atom stereocenters. The van der Waals surface area contributed by atoms with Crippen LogP contribution in [0.1, 0.15) is 242 Å². The highest BCUT2D eigenvalue weighted by Crippen LogP contribution is 2.44. The molecule has 0 bridgehead atoms. The summed E-state index contributed by atoms with van der Waals surface area (Å²) in [4.78, 5) is 135. The number of rotatable bonds is 20. The van der Waals surface area contributed by atoms with Crippen LogP contribution in [0.25, 0.3) is 46.6 Å². The van der Waals surface area contributed by atoms with E-state index in [-0.39, 0.29) is 54.7 Å². The summed E-state index contributed by atoms with van der Waals surface area (Å²) in [5.74, 6) is -1.47. The van der Waals surface area contributed by atoms with E-state index >= 15 is 0 Å². The number of likely N-dealkylation sites (tertiary alicyclic amines) is 4. The van der Waals surface area contributed by atoms with E-state index in [1.165, 1.54) is 76.3 Å². The zero-order valence-electron chi connectivity index (χ0n) is 78.3. The highest BCUT2D eigenvalue weighted by atomic mass is 79.9. The molecule has 0 unspecified atom stereocenters. The van der Waals surface area contributed by atoms with Crippen LogP contribution >= 0.6 is 59.4 Å². The van der Waals surface area contributed by atoms with Crippen LogP contribution in [0.5, 0.6) is 0 Å². The van der Waals surface area contributed by atoms with Crippen LogP contribution in [0, 0.1) is 33.5 Å². The Balaban J connectivity index is 0.000000133. The number of hydrogen-bond acceptors (Lipinski definition) is 16. The van der Waals surface area contributed by atoms with Crippen molar-refractivity contribution in [1.29, 1.82) is 0 Å². The van der Waals surface area contributed by atoms with Crippen LogP contribution < -0.4 is 21.3 Å². The molecule has 12 N–H and O–H groups in total. The average Bonchev–Trinajstić information content (AvgIpc) is 1.62. The molecule has 12 aliphatic rings. The maximum absolute atomic E-state index is 14.0. The molecule has 4 aromatic carbocycles. The van der Waals surface area contributed by atoms with E-state index in [0.717, 1.165) is 215 Å². The molecule has 28 nitrogen and oxygen atoms in total. The van der Waals surface area contributed by atoms with Crippen molar-refractivity contribution in [2.45, 2.75) is 188 Å². The summed E-state index contributed by atoms with van der Waals surface area (Å²) in [6, 6.07) is 19.4. The number of aryl methyl sites for hydroxylation is 4. The minimum Gasteiger partial charge on any atom is -0.390 e. The van der Waals surface area contributed by atoms with Gasteiger partial charge >= 0.3 is 0 Å². The van der Waals surface area contributed by atoms with Gasteiger partial charge < -0.3 is 101 Å². The molecule has 33 heteroatoms. The smallest absolute Gasteiger partial charge is 0.256 e. The summed E-state index contributed by atoms with van der Waals surface area (Å²) in [5.41, 5.74) is 20.3. The number of aromatic amines is 4. The van der Waals surface area contributed by atoms with Crippen LogP contribution in [-0.4, -0.2) is 282 Å². The number of aliphatic hydroxyl groups excluding tert-OH is 4. The molecule has 20 rings (SSSR count). The van der Waals surface area contributed by atoms with Gasteiger partial charge in [0.15, 0.2) is 0 Å². The van der Waals surface area contributed by atoms with Crippen molar-refractivity contribution in [1.82, 2.24) is 59.1 Å². The maximum atomic E-state index is 14.0. The summed E-state index contributed by atoms with van der Waals surface area (Å²) < 4.78 is 16.3. The van der Waals surface area contributed by atoms with Crippen molar-refractivity contribution in [3.05, 3.63) is 203 Å². The average molecular weight is 2100 g/mol. The molecule has 0 saturated carbocycles. The number of nitrogens with zero attached hydrogens (tertiary/aromatic N) is 8. The second-order valence-corrected chi connectivity index (χ2v) is 41.5. The first-order valence-corrected chi connectivity index (χ1v) is 51.5.